The molecule has 0 spiro atoms. The number of methoxy groups -OCH3 is 2. The third-order valence-electron chi connectivity index (χ3n) is 4.76. The minimum atomic E-state index is -0.657. The predicted molar refractivity (Wildman–Crippen MR) is 126 cm³/mol. The van der Waals surface area contributed by atoms with Gasteiger partial charge in [0.15, 0.2) is 4.96 Å². The number of anilines is 2. The predicted octanol–water partition coefficient (Wildman–Crippen LogP) is 3.59. The van der Waals surface area contributed by atoms with Crippen molar-refractivity contribution in [1.82, 2.24) is 9.38 Å². The zero-order valence-electron chi connectivity index (χ0n) is 18.0. The van der Waals surface area contributed by atoms with E-state index in [2.05, 4.69) is 15.6 Å². The van der Waals surface area contributed by atoms with Crippen LogP contribution in [-0.4, -0.2) is 35.4 Å². The van der Waals surface area contributed by atoms with E-state index in [4.69, 9.17) is 9.47 Å². The summed E-state index contributed by atoms with van der Waals surface area (Å²) in [5.41, 5.74) is 0.822. The number of fused-ring (bicyclic) bond motifs is 1. The van der Waals surface area contributed by atoms with Gasteiger partial charge in [-0.05, 0) is 31.2 Å². The number of nitrogens with zero attached hydrogens (tertiary/aromatic N) is 2. The molecule has 2 aromatic carbocycles. The summed E-state index contributed by atoms with van der Waals surface area (Å²) in [5, 5.41) is 5.49. The van der Waals surface area contributed by atoms with Gasteiger partial charge in [-0.3, -0.25) is 14.4 Å². The van der Waals surface area contributed by atoms with Gasteiger partial charge in [0.2, 0.25) is 0 Å². The van der Waals surface area contributed by atoms with Crippen LogP contribution in [0.3, 0.4) is 0 Å². The van der Waals surface area contributed by atoms with E-state index < -0.39 is 17.4 Å². The monoisotopic (exact) mass is 464 g/mol. The number of carbonyl (C=O) groups excluding carboxylic acids is 2. The summed E-state index contributed by atoms with van der Waals surface area (Å²) in [4.78, 5) is 43.9. The number of aryl methyl sites for hydroxylation is 1. The van der Waals surface area contributed by atoms with Crippen LogP contribution >= 0.6 is 11.3 Å². The largest absolute Gasteiger partial charge is 0.497 e. The molecular weight excluding hydrogens is 444 g/mol. The normalized spacial score (nSPS) is 10.6. The highest BCUT2D eigenvalue weighted by Crippen LogP contribution is 2.30. The number of amides is 2. The van der Waals surface area contributed by atoms with Crippen molar-refractivity contribution in [2.45, 2.75) is 6.92 Å². The lowest BCUT2D eigenvalue weighted by Gasteiger charge is -2.12. The average molecular weight is 465 g/mol. The van der Waals surface area contributed by atoms with Gasteiger partial charge in [0, 0.05) is 23.5 Å². The van der Waals surface area contributed by atoms with Crippen LogP contribution in [0.4, 0.5) is 11.4 Å². The van der Waals surface area contributed by atoms with E-state index >= 15 is 0 Å². The van der Waals surface area contributed by atoms with Crippen molar-refractivity contribution in [2.75, 3.05) is 24.9 Å². The Balaban J connectivity index is 1.80. The first kappa shape index (κ1) is 22.0. The van der Waals surface area contributed by atoms with Crippen LogP contribution in [0.5, 0.6) is 11.5 Å². The SMILES string of the molecule is COc1ccc(NC(=O)c2c(C(=O)Nc3ccccc3)sc3nc(C)cc(=O)n23)c(OC)c1. The molecule has 0 aliphatic heterocycles. The molecule has 33 heavy (non-hydrogen) atoms. The summed E-state index contributed by atoms with van der Waals surface area (Å²) >= 11 is 0.962. The Hall–Kier alpha value is -4.18. The molecule has 9 nitrogen and oxygen atoms in total. The molecule has 2 heterocycles. The smallest absolute Gasteiger partial charge is 0.274 e. The molecule has 0 unspecified atom stereocenters. The lowest BCUT2D eigenvalue weighted by molar-refractivity contribution is 0.0989. The van der Waals surface area contributed by atoms with Gasteiger partial charge in [0.05, 0.1) is 19.9 Å². The van der Waals surface area contributed by atoms with E-state index in [1.807, 2.05) is 6.07 Å². The highest BCUT2D eigenvalue weighted by Gasteiger charge is 2.27. The first-order chi connectivity index (χ1) is 15.9. The van der Waals surface area contributed by atoms with Crippen molar-refractivity contribution < 1.29 is 19.1 Å². The molecule has 2 aromatic heterocycles. The van der Waals surface area contributed by atoms with Crippen molar-refractivity contribution in [2.24, 2.45) is 0 Å². The van der Waals surface area contributed by atoms with Crippen LogP contribution in [0.2, 0.25) is 0 Å². The lowest BCUT2D eigenvalue weighted by atomic mass is 10.2. The maximum Gasteiger partial charge on any atom is 0.274 e. The number of rotatable bonds is 6. The standard InChI is InChI=1S/C23H20N4O5S/c1-13-11-18(28)27-19(21(29)26-16-10-9-15(31-2)12-17(16)32-3)20(33-23(27)24-13)22(30)25-14-7-5-4-6-8-14/h4-12H,1-3H3,(H,25,30)(H,26,29). The maximum atomic E-state index is 13.4. The van der Waals surface area contributed by atoms with E-state index in [-0.39, 0.29) is 15.5 Å². The first-order valence-corrected chi connectivity index (χ1v) is 10.7. The molecule has 0 saturated heterocycles. The number of thiazole rings is 1. The van der Waals surface area contributed by atoms with Crippen molar-refractivity contribution in [3.8, 4) is 11.5 Å². The van der Waals surface area contributed by atoms with Gasteiger partial charge in [0.1, 0.15) is 22.1 Å². The van der Waals surface area contributed by atoms with Gasteiger partial charge in [-0.2, -0.15) is 0 Å². The minimum Gasteiger partial charge on any atom is -0.497 e. The second kappa shape index (κ2) is 9.13. The molecule has 10 heteroatoms. The Morgan fingerprint density at radius 1 is 0.970 bits per heavy atom. The van der Waals surface area contributed by atoms with Crippen LogP contribution in [0, 0.1) is 6.92 Å². The van der Waals surface area contributed by atoms with Crippen molar-refractivity contribution in [3.63, 3.8) is 0 Å². The highest BCUT2D eigenvalue weighted by molar-refractivity contribution is 7.19. The summed E-state index contributed by atoms with van der Waals surface area (Å²) in [6, 6.07) is 15.0. The van der Waals surface area contributed by atoms with E-state index in [0.29, 0.717) is 28.6 Å². The molecule has 0 aliphatic rings. The van der Waals surface area contributed by atoms with Gasteiger partial charge in [0.25, 0.3) is 17.4 Å². The number of benzene rings is 2. The number of ether oxygens (including phenoxy) is 2. The molecule has 0 atom stereocenters. The number of para-hydroxylation sites is 1. The van der Waals surface area contributed by atoms with Crippen LogP contribution in [0.15, 0.2) is 59.4 Å². The molecule has 4 rings (SSSR count). The zero-order chi connectivity index (χ0) is 23.5. The Labute approximate surface area is 192 Å². The molecule has 2 N–H and O–H groups in total. The second-order valence-corrected chi connectivity index (χ2v) is 7.95. The van der Waals surface area contributed by atoms with Crippen LogP contribution < -0.4 is 25.7 Å². The van der Waals surface area contributed by atoms with Gasteiger partial charge in [-0.25, -0.2) is 9.38 Å². The fraction of sp³-hybridized carbons (Fsp3) is 0.130. The van der Waals surface area contributed by atoms with Gasteiger partial charge in [-0.15, -0.1) is 0 Å². The van der Waals surface area contributed by atoms with Crippen molar-refractivity contribution >= 4 is 39.5 Å². The number of nitrogens with one attached hydrogen (secondary N) is 2. The van der Waals surface area contributed by atoms with Gasteiger partial charge < -0.3 is 20.1 Å². The summed E-state index contributed by atoms with van der Waals surface area (Å²) in [6.45, 7) is 1.67. The van der Waals surface area contributed by atoms with E-state index in [1.165, 1.54) is 20.3 Å². The maximum absolute atomic E-state index is 13.4. The van der Waals surface area contributed by atoms with Crippen LogP contribution in [0.25, 0.3) is 4.96 Å². The van der Waals surface area contributed by atoms with Gasteiger partial charge in [-0.1, -0.05) is 29.5 Å². The average Bonchev–Trinajstić information content (AvgIpc) is 3.20. The Kier molecular flexibility index (Phi) is 6.09. The molecule has 0 bridgehead atoms. The van der Waals surface area contributed by atoms with Crippen LogP contribution in [-0.2, 0) is 0 Å². The third-order valence-corrected chi connectivity index (χ3v) is 5.80. The van der Waals surface area contributed by atoms with Crippen molar-refractivity contribution in [3.05, 3.63) is 81.2 Å². The Morgan fingerprint density at radius 3 is 2.42 bits per heavy atom. The fourth-order valence-corrected chi connectivity index (χ4v) is 4.31. The molecule has 2 amide bonds. The highest BCUT2D eigenvalue weighted by atomic mass is 32.1. The van der Waals surface area contributed by atoms with E-state index in [0.717, 1.165) is 15.7 Å². The molecule has 0 radical (unpaired) electrons. The van der Waals surface area contributed by atoms with E-state index in [1.54, 1.807) is 49.4 Å². The molecular formula is C23H20N4O5S. The molecule has 4 aromatic rings. The fourth-order valence-electron chi connectivity index (χ4n) is 3.24. The number of hydrogen-bond donors (Lipinski definition) is 2. The molecule has 0 fully saturated rings. The van der Waals surface area contributed by atoms with Crippen LogP contribution in [0.1, 0.15) is 25.9 Å². The topological polar surface area (TPSA) is 111 Å². The Bertz CT molecular complexity index is 1410. The summed E-state index contributed by atoms with van der Waals surface area (Å²) in [5.74, 6) is -0.278. The molecule has 0 aliphatic carbocycles. The summed E-state index contributed by atoms with van der Waals surface area (Å²) in [7, 11) is 2.98. The molecule has 168 valence electrons. The number of aromatic nitrogens is 2. The van der Waals surface area contributed by atoms with E-state index in [9.17, 15) is 14.4 Å². The quantitative estimate of drug-likeness (QED) is 0.451. The summed E-state index contributed by atoms with van der Waals surface area (Å²) < 4.78 is 11.7. The van der Waals surface area contributed by atoms with Crippen molar-refractivity contribution in [1.29, 1.82) is 0 Å². The molecule has 0 saturated carbocycles. The Morgan fingerprint density at radius 2 is 1.73 bits per heavy atom. The minimum absolute atomic E-state index is 0.0547. The number of hydrogen-bond acceptors (Lipinski definition) is 7. The second-order valence-electron chi connectivity index (χ2n) is 6.97. The third kappa shape index (κ3) is 4.41. The number of carbonyl (C=O) groups is 2. The first-order valence-electron chi connectivity index (χ1n) is 9.84. The lowest BCUT2D eigenvalue weighted by Crippen LogP contribution is -2.25. The van der Waals surface area contributed by atoms with Gasteiger partial charge >= 0.3 is 0 Å². The summed E-state index contributed by atoms with van der Waals surface area (Å²) in [6.07, 6.45) is 0. The zero-order valence-corrected chi connectivity index (χ0v) is 18.9.